The molecule has 1 aliphatic heterocycles. The quantitative estimate of drug-likeness (QED) is 0.409. The van der Waals surface area contributed by atoms with Crippen molar-refractivity contribution in [3.05, 3.63) is 23.3 Å². The van der Waals surface area contributed by atoms with Gasteiger partial charge in [0.1, 0.15) is 5.75 Å². The van der Waals surface area contributed by atoms with Gasteiger partial charge in [-0.15, -0.1) is 0 Å². The summed E-state index contributed by atoms with van der Waals surface area (Å²) >= 11 is 0. The number of hydrogen-bond donors (Lipinski definition) is 0. The summed E-state index contributed by atoms with van der Waals surface area (Å²) in [5.41, 5.74) is 4.13. The second kappa shape index (κ2) is 7.01. The lowest BCUT2D eigenvalue weighted by Crippen LogP contribution is -2.60. The van der Waals surface area contributed by atoms with E-state index in [2.05, 4.69) is 67.5 Å². The third-order valence-electron chi connectivity index (χ3n) is 9.52. The van der Waals surface area contributed by atoms with Crippen molar-refractivity contribution in [2.45, 2.75) is 111 Å². The van der Waals surface area contributed by atoms with E-state index in [1.807, 2.05) is 0 Å². The molecule has 4 aliphatic carbocycles. The molecule has 0 N–H and O–H groups in total. The van der Waals surface area contributed by atoms with E-state index in [0.717, 1.165) is 11.2 Å². The SMILES string of the molecule is COCOc1c(B2OC(C)(C)C(C)(C)O2)cc(C)cc1C12CC3(C)CC(C)(CC(C)(C3)C1)C2. The Bertz CT molecular complexity index is 897. The predicted octanol–water partition coefficient (Wildman–Crippen LogP) is 5.92. The maximum atomic E-state index is 6.52. The molecule has 0 unspecified atom stereocenters. The fraction of sp³-hybridized carbons (Fsp3) is 0.786. The van der Waals surface area contributed by atoms with E-state index in [1.54, 1.807) is 7.11 Å². The van der Waals surface area contributed by atoms with Crippen LogP contribution in [-0.4, -0.2) is 32.2 Å². The van der Waals surface area contributed by atoms with Gasteiger partial charge in [-0.1, -0.05) is 38.5 Å². The Kier molecular flexibility index (Phi) is 5.04. The van der Waals surface area contributed by atoms with E-state index in [4.69, 9.17) is 18.8 Å². The predicted molar refractivity (Wildman–Crippen MR) is 133 cm³/mol. The molecule has 0 radical (unpaired) electrons. The van der Waals surface area contributed by atoms with Crippen molar-refractivity contribution in [1.82, 2.24) is 0 Å². The van der Waals surface area contributed by atoms with Crippen LogP contribution in [0.4, 0.5) is 0 Å². The minimum absolute atomic E-state index is 0.125. The minimum Gasteiger partial charge on any atom is -0.468 e. The molecule has 1 heterocycles. The van der Waals surface area contributed by atoms with Crippen molar-refractivity contribution < 1.29 is 18.8 Å². The van der Waals surface area contributed by atoms with Gasteiger partial charge >= 0.3 is 7.12 Å². The number of benzene rings is 1. The van der Waals surface area contributed by atoms with Crippen molar-refractivity contribution in [2.75, 3.05) is 13.9 Å². The molecular formula is C28H43BO4. The van der Waals surface area contributed by atoms with Gasteiger partial charge in [-0.25, -0.2) is 0 Å². The number of methoxy groups -OCH3 is 1. The van der Waals surface area contributed by atoms with Crippen LogP contribution in [0.5, 0.6) is 5.75 Å². The molecule has 1 saturated heterocycles. The summed E-state index contributed by atoms with van der Waals surface area (Å²) < 4.78 is 24.9. The molecule has 1 aromatic carbocycles. The fourth-order valence-corrected chi connectivity index (χ4v) is 9.20. The standard InChI is InChI=1S/C28H43BO4/c1-19-10-20(28-15-25(6)12-26(7,16-28)14-27(8,13-25)17-28)22(31-18-30-9)21(11-19)29-32-23(2,3)24(4,5)33-29/h10-11H,12-18H2,1-9H3. The van der Waals surface area contributed by atoms with Gasteiger partial charge in [0.2, 0.25) is 0 Å². The molecular weight excluding hydrogens is 411 g/mol. The van der Waals surface area contributed by atoms with Crippen LogP contribution < -0.4 is 10.2 Å². The number of hydrogen-bond acceptors (Lipinski definition) is 4. The zero-order valence-corrected chi connectivity index (χ0v) is 22.3. The molecule has 33 heavy (non-hydrogen) atoms. The molecule has 4 bridgehead atoms. The highest BCUT2D eigenvalue weighted by Crippen LogP contribution is 2.74. The summed E-state index contributed by atoms with van der Waals surface area (Å²) in [6.07, 6.45) is 7.76. The molecule has 0 amide bonds. The number of aryl methyl sites for hydroxylation is 1. The Morgan fingerprint density at radius 3 is 1.73 bits per heavy atom. The highest BCUT2D eigenvalue weighted by molar-refractivity contribution is 6.63. The van der Waals surface area contributed by atoms with E-state index in [-0.39, 0.29) is 12.2 Å². The molecule has 0 atom stereocenters. The van der Waals surface area contributed by atoms with Gasteiger partial charge in [0.25, 0.3) is 0 Å². The zero-order valence-electron chi connectivity index (χ0n) is 22.3. The lowest BCUT2D eigenvalue weighted by atomic mass is 9.35. The first-order valence-electron chi connectivity index (χ1n) is 12.8. The molecule has 0 aromatic heterocycles. The molecule has 1 aromatic rings. The highest BCUT2D eigenvalue weighted by atomic mass is 16.7. The van der Waals surface area contributed by atoms with Gasteiger partial charge in [-0.3, -0.25) is 0 Å². The second-order valence-electron chi connectivity index (χ2n) is 14.1. The van der Waals surface area contributed by atoms with Gasteiger partial charge in [0.05, 0.1) is 11.2 Å². The van der Waals surface area contributed by atoms with Gasteiger partial charge in [0.15, 0.2) is 6.79 Å². The normalized spacial score (nSPS) is 40.5. The molecule has 5 fully saturated rings. The molecule has 5 heteroatoms. The Morgan fingerprint density at radius 1 is 0.788 bits per heavy atom. The van der Waals surface area contributed by atoms with Crippen molar-refractivity contribution in [1.29, 1.82) is 0 Å². The van der Waals surface area contributed by atoms with E-state index >= 15 is 0 Å². The van der Waals surface area contributed by atoms with Crippen molar-refractivity contribution in [3.8, 4) is 5.75 Å². The van der Waals surface area contributed by atoms with Gasteiger partial charge in [0, 0.05) is 23.6 Å². The lowest BCUT2D eigenvalue weighted by Gasteiger charge is -2.69. The summed E-state index contributed by atoms with van der Waals surface area (Å²) in [6, 6.07) is 4.59. The molecule has 6 rings (SSSR count). The highest BCUT2D eigenvalue weighted by Gasteiger charge is 2.65. The van der Waals surface area contributed by atoms with Gasteiger partial charge in [-0.05, 0) is 89.4 Å². The third kappa shape index (κ3) is 3.68. The molecule has 5 aliphatic rings. The summed E-state index contributed by atoms with van der Waals surface area (Å²) in [5, 5.41) is 0. The van der Waals surface area contributed by atoms with E-state index in [0.29, 0.717) is 16.2 Å². The summed E-state index contributed by atoms with van der Waals surface area (Å²) in [4.78, 5) is 0. The summed E-state index contributed by atoms with van der Waals surface area (Å²) in [6.45, 7) is 18.5. The molecule has 4 nitrogen and oxygen atoms in total. The average Bonchev–Trinajstić information content (AvgIpc) is 2.83. The van der Waals surface area contributed by atoms with Crippen LogP contribution in [-0.2, 0) is 19.5 Å². The Hall–Kier alpha value is -1.04. The van der Waals surface area contributed by atoms with Crippen LogP contribution in [0.2, 0.25) is 0 Å². The first-order valence-corrected chi connectivity index (χ1v) is 12.8. The zero-order chi connectivity index (χ0) is 24.1. The molecule has 182 valence electrons. The summed E-state index contributed by atoms with van der Waals surface area (Å²) in [5.74, 6) is 0.929. The molecule has 0 spiro atoms. The van der Waals surface area contributed by atoms with Crippen LogP contribution in [0, 0.1) is 23.2 Å². The maximum Gasteiger partial charge on any atom is 0.498 e. The van der Waals surface area contributed by atoms with E-state index < -0.39 is 18.3 Å². The van der Waals surface area contributed by atoms with Crippen molar-refractivity contribution in [2.24, 2.45) is 16.2 Å². The van der Waals surface area contributed by atoms with Gasteiger partial charge in [-0.2, -0.15) is 0 Å². The maximum absolute atomic E-state index is 6.52. The topological polar surface area (TPSA) is 36.9 Å². The lowest BCUT2D eigenvalue weighted by molar-refractivity contribution is -0.152. The first kappa shape index (κ1) is 23.7. The van der Waals surface area contributed by atoms with Gasteiger partial charge < -0.3 is 18.8 Å². The minimum atomic E-state index is -0.448. The van der Waals surface area contributed by atoms with E-state index in [9.17, 15) is 0 Å². The monoisotopic (exact) mass is 454 g/mol. The smallest absolute Gasteiger partial charge is 0.468 e. The Morgan fingerprint density at radius 2 is 1.27 bits per heavy atom. The van der Waals surface area contributed by atoms with Crippen molar-refractivity contribution in [3.63, 3.8) is 0 Å². The average molecular weight is 454 g/mol. The van der Waals surface area contributed by atoms with Crippen molar-refractivity contribution >= 4 is 12.6 Å². The Labute approximate surface area is 201 Å². The van der Waals surface area contributed by atoms with E-state index in [1.165, 1.54) is 49.7 Å². The third-order valence-corrected chi connectivity index (χ3v) is 9.52. The number of ether oxygens (including phenoxy) is 2. The first-order chi connectivity index (χ1) is 15.1. The largest absolute Gasteiger partial charge is 0.498 e. The van der Waals surface area contributed by atoms with Crippen LogP contribution in [0.3, 0.4) is 0 Å². The van der Waals surface area contributed by atoms with Crippen LogP contribution in [0.1, 0.15) is 98.1 Å². The van der Waals surface area contributed by atoms with Crippen LogP contribution in [0.25, 0.3) is 0 Å². The molecule has 4 saturated carbocycles. The number of rotatable bonds is 5. The fourth-order valence-electron chi connectivity index (χ4n) is 9.20. The van der Waals surface area contributed by atoms with Crippen LogP contribution in [0.15, 0.2) is 12.1 Å². The Balaban J connectivity index is 1.66. The summed E-state index contributed by atoms with van der Waals surface area (Å²) in [7, 11) is 1.24. The second-order valence-corrected chi connectivity index (χ2v) is 14.1. The van der Waals surface area contributed by atoms with Crippen LogP contribution >= 0.6 is 0 Å².